The van der Waals surface area contributed by atoms with Gasteiger partial charge in [-0.2, -0.15) is 5.10 Å². The summed E-state index contributed by atoms with van der Waals surface area (Å²) in [4.78, 5) is 132. The van der Waals surface area contributed by atoms with E-state index in [0.717, 1.165) is 78.5 Å². The Balaban J connectivity index is 0.000000120. The van der Waals surface area contributed by atoms with Gasteiger partial charge in [-0.05, 0) is 97.1 Å². The molecule has 0 saturated heterocycles. The SMILES string of the molecule is CC(=O)Nc1nc2ccc(-c3cc(NS(C)(=O)=O)c(Cl)n4cncc34)nc2s1.CC(=O)Nc1nc2ccc(-c3cnc(Cl)c(NS(C)(=O)=O)c3)nc2s1.CC(=O)Nc1nc2ccc(-c3cnc4ccn(S(C)(=O)=O)c4c3)nc2s1.CC(=O)Nc1nc2ccc(-c3cnc4cn[nH]c4c3)nc2s1.CC(=O)Nc1nc2ccc(-c3cnc4nc[nH]c4c3)nc2s1. The second kappa shape index (κ2) is 34.8. The van der Waals surface area contributed by atoms with Gasteiger partial charge in [0.1, 0.15) is 68.7 Å². The molecule has 49 heteroatoms. The Kier molecular flexibility index (Phi) is 23.9. The van der Waals surface area contributed by atoms with Gasteiger partial charge in [0.2, 0.25) is 59.6 Å². The molecule has 0 fully saturated rings. The van der Waals surface area contributed by atoms with E-state index < -0.39 is 30.1 Å². The van der Waals surface area contributed by atoms with Crippen LogP contribution in [0.1, 0.15) is 34.6 Å². The van der Waals surface area contributed by atoms with Gasteiger partial charge in [-0.1, -0.05) is 79.9 Å². The van der Waals surface area contributed by atoms with Gasteiger partial charge in [-0.15, -0.1) is 0 Å². The smallest absolute Gasteiger partial charge is 0.236 e. The topological polar surface area (TPSA) is 532 Å². The average molecular weight is 1840 g/mol. The molecular weight excluding hydrogens is 1780 g/mol. The van der Waals surface area contributed by atoms with Gasteiger partial charge in [-0.3, -0.25) is 52.9 Å². The van der Waals surface area contributed by atoms with Crippen LogP contribution in [0.3, 0.4) is 0 Å². The van der Waals surface area contributed by atoms with E-state index in [1.165, 1.54) is 114 Å². The number of anilines is 7. The monoisotopic (exact) mass is 1840 g/mol. The molecule has 19 aromatic rings. The molecule has 123 heavy (non-hydrogen) atoms. The van der Waals surface area contributed by atoms with E-state index in [4.69, 9.17) is 23.2 Å². The Labute approximate surface area is 723 Å². The Morgan fingerprint density at radius 2 is 0.797 bits per heavy atom. The quantitative estimate of drug-likeness (QED) is 0.0430. The highest BCUT2D eigenvalue weighted by molar-refractivity contribution is 7.92. The van der Waals surface area contributed by atoms with Crippen LogP contribution in [0.4, 0.5) is 37.0 Å². The molecule has 0 aliphatic heterocycles. The number of aromatic nitrogens is 21. The number of hydrogen-bond donors (Lipinski definition) is 9. The maximum absolute atomic E-state index is 11.9. The van der Waals surface area contributed by atoms with Crippen LogP contribution in [-0.4, -0.2) is 177 Å². The minimum atomic E-state index is -3.53. The number of hydrogen-bond acceptors (Lipinski definition) is 33. The number of pyridine rings is 10. The van der Waals surface area contributed by atoms with Crippen LogP contribution in [0.25, 0.3) is 147 Å². The van der Waals surface area contributed by atoms with Crippen LogP contribution in [0, 0.1) is 0 Å². The van der Waals surface area contributed by atoms with E-state index >= 15 is 0 Å². The highest BCUT2D eigenvalue weighted by atomic mass is 35.5. The molecule has 0 aliphatic rings. The molecule has 0 spiro atoms. The van der Waals surface area contributed by atoms with Gasteiger partial charge in [0.25, 0.3) is 0 Å². The number of amides is 5. The first-order chi connectivity index (χ1) is 58.6. The van der Waals surface area contributed by atoms with Crippen molar-refractivity contribution in [1.82, 2.24) is 103 Å². The number of fused-ring (bicyclic) bond motifs is 9. The first kappa shape index (κ1) is 84.4. The largest absolute Gasteiger partial charge is 0.343 e. The standard InChI is InChI=1S/C16H13ClN6O3S2.C16H13N5O3S2.C14H12ClN5O3S2.2C14H10N6OS/c1-8(24)19-16-21-11-4-3-10(20-15(11)27-16)9-5-12(22-28(2,25)26)14(17)23-7-18-6-13(9)23;1-9(22)18-16-20-13-4-3-11(19-15(13)25-16)10-7-14-12(17-8-10)5-6-21(14)26(2,23)24;1-7(21)17-14-19-10-4-3-9(18-13(10)24-14)8-5-11(12(15)16-6-8)20-25(2,22)23;1-7(21)18-14-20-10-3-2-9(19-13(10)22-14)8-4-11-12(15-5-8)17-6-16-11;1-7(21)17-14-19-10-3-2-9(18-13(10)22-14)8-4-11-12(15-5-8)6-16-20-11/h3-7,22H,1-2H3,(H,19,21,24);3-8H,1-2H3,(H,18,20,22);3-6,20H,1-2H3,(H,17,19,21);2-6H,1H3,(H,15,16,17)(H,18,20,21);2-6H,1H3,(H,16,20)(H,17,19,21). The molecule has 0 atom stereocenters. The summed E-state index contributed by atoms with van der Waals surface area (Å²) in [5, 5.41) is 22.8. The Morgan fingerprint density at radius 3 is 1.24 bits per heavy atom. The Morgan fingerprint density at radius 1 is 0.398 bits per heavy atom. The third kappa shape index (κ3) is 20.2. The van der Waals surface area contributed by atoms with Crippen LogP contribution in [0.15, 0.2) is 153 Å². The van der Waals surface area contributed by atoms with Gasteiger partial charge >= 0.3 is 0 Å². The molecule has 0 aliphatic carbocycles. The van der Waals surface area contributed by atoms with E-state index in [9.17, 15) is 49.2 Å². The zero-order chi connectivity index (χ0) is 86.9. The van der Waals surface area contributed by atoms with Gasteiger partial charge in [0.05, 0.1) is 105 Å². The van der Waals surface area contributed by atoms with Crippen molar-refractivity contribution in [3.8, 4) is 56.3 Å². The lowest BCUT2D eigenvalue weighted by Crippen LogP contribution is -2.11. The fourth-order valence-corrected chi connectivity index (χ4v) is 18.5. The number of rotatable bonds is 15. The molecule has 0 aromatic carbocycles. The molecule has 0 saturated carbocycles. The van der Waals surface area contributed by atoms with Crippen LogP contribution in [0.5, 0.6) is 0 Å². The van der Waals surface area contributed by atoms with E-state index in [0.29, 0.717) is 113 Å². The van der Waals surface area contributed by atoms with E-state index in [2.05, 4.69) is 131 Å². The van der Waals surface area contributed by atoms with Crippen molar-refractivity contribution in [3.63, 3.8) is 0 Å². The molecule has 622 valence electrons. The summed E-state index contributed by atoms with van der Waals surface area (Å²) in [5.74, 6) is -0.908. The maximum Gasteiger partial charge on any atom is 0.236 e. The Hall–Kier alpha value is -13.7. The summed E-state index contributed by atoms with van der Waals surface area (Å²) < 4.78 is 77.5. The normalized spacial score (nSPS) is 11.5. The lowest BCUT2D eigenvalue weighted by molar-refractivity contribution is -0.115. The molecule has 0 bridgehead atoms. The number of halogens is 2. The van der Waals surface area contributed by atoms with Gasteiger partial charge in [-0.25, -0.2) is 99.0 Å². The maximum atomic E-state index is 11.9. The lowest BCUT2D eigenvalue weighted by atomic mass is 10.1. The molecule has 9 N–H and O–H groups in total. The van der Waals surface area contributed by atoms with Crippen LogP contribution in [-0.2, 0) is 54.0 Å². The predicted octanol–water partition coefficient (Wildman–Crippen LogP) is 13.4. The summed E-state index contributed by atoms with van der Waals surface area (Å²) in [6, 6.07) is 28.7. The van der Waals surface area contributed by atoms with Gasteiger partial charge in [0.15, 0.2) is 36.5 Å². The number of H-pyrrole nitrogens is 2. The Bertz CT molecular complexity index is 7660. The summed E-state index contributed by atoms with van der Waals surface area (Å²) in [6.07, 6.45) is 17.8. The molecule has 39 nitrogen and oxygen atoms in total. The number of nitrogens with one attached hydrogen (secondary N) is 9. The van der Waals surface area contributed by atoms with Crippen molar-refractivity contribution in [3.05, 3.63) is 163 Å². The lowest BCUT2D eigenvalue weighted by Gasteiger charge is -2.12. The third-order valence-electron chi connectivity index (χ3n) is 16.6. The van der Waals surface area contributed by atoms with Crippen molar-refractivity contribution in [2.75, 3.05) is 54.8 Å². The highest BCUT2D eigenvalue weighted by Gasteiger charge is 2.21. The zero-order valence-electron chi connectivity index (χ0n) is 64.4. The first-order valence-electron chi connectivity index (χ1n) is 35.4. The number of carbonyl (C=O) groups excluding carboxylic acids is 5. The fraction of sp³-hybridized carbons (Fsp3) is 0.108. The zero-order valence-corrected chi connectivity index (χ0v) is 72.5. The van der Waals surface area contributed by atoms with E-state index in [1.807, 2.05) is 36.4 Å². The fourth-order valence-electron chi connectivity index (χ4n) is 11.7. The molecule has 19 rings (SSSR count). The second-order valence-corrected chi connectivity index (χ2v) is 37.3. The highest BCUT2D eigenvalue weighted by Crippen LogP contribution is 2.38. The van der Waals surface area contributed by atoms with Crippen molar-refractivity contribution in [2.24, 2.45) is 0 Å². The molecule has 19 heterocycles. The number of imidazole rings is 2. The molecular formula is C74H58Cl2N28O11S8. The predicted molar refractivity (Wildman–Crippen MR) is 478 cm³/mol. The van der Waals surface area contributed by atoms with Gasteiger partial charge < -0.3 is 31.6 Å². The number of aromatic amines is 2. The first-order valence-corrected chi connectivity index (χ1v) is 45.9. The summed E-state index contributed by atoms with van der Waals surface area (Å²) in [6.45, 7) is 7.14. The average Bonchev–Trinajstić information content (AvgIpc) is 1.67. The van der Waals surface area contributed by atoms with Crippen LogP contribution < -0.4 is 36.0 Å². The summed E-state index contributed by atoms with van der Waals surface area (Å²) in [5.41, 5.74) is 16.0. The van der Waals surface area contributed by atoms with Crippen molar-refractivity contribution in [1.29, 1.82) is 0 Å². The summed E-state index contributed by atoms with van der Waals surface area (Å²) >= 11 is 18.7. The second-order valence-electron chi connectivity index (χ2n) is 26.4. The van der Waals surface area contributed by atoms with Crippen LogP contribution >= 0.6 is 79.9 Å². The van der Waals surface area contributed by atoms with Crippen molar-refractivity contribution in [2.45, 2.75) is 34.6 Å². The van der Waals surface area contributed by atoms with Crippen LogP contribution in [0.2, 0.25) is 10.3 Å². The number of nitrogens with zero attached hydrogens (tertiary/aromatic N) is 19. The van der Waals surface area contributed by atoms with E-state index in [1.54, 1.807) is 102 Å². The minimum Gasteiger partial charge on any atom is -0.343 e. The molecule has 0 unspecified atom stereocenters. The third-order valence-corrected chi connectivity index (χ3v) is 23.9. The summed E-state index contributed by atoms with van der Waals surface area (Å²) in [7, 11) is -10.4. The minimum absolute atomic E-state index is 0.0426. The van der Waals surface area contributed by atoms with E-state index in [-0.39, 0.29) is 51.2 Å². The number of carbonyl (C=O) groups is 5. The molecule has 5 amide bonds. The molecule has 0 radical (unpaired) electrons. The molecule has 19 aromatic heterocycles. The number of thiazole rings is 5. The number of sulfonamides is 2. The van der Waals surface area contributed by atoms with Crippen molar-refractivity contribution < 1.29 is 49.2 Å². The van der Waals surface area contributed by atoms with Crippen molar-refractivity contribution >= 4 is 267 Å². The van der Waals surface area contributed by atoms with Gasteiger partial charge in [0, 0.05) is 93.4 Å².